The minimum Gasteiger partial charge on any atom is -0.496 e. The van der Waals surface area contributed by atoms with Crippen molar-refractivity contribution in [2.75, 3.05) is 6.61 Å². The molecule has 0 aromatic heterocycles. The fraction of sp³-hybridized carbons (Fsp3) is 0.786. The number of alkyl halides is 3. The summed E-state index contributed by atoms with van der Waals surface area (Å²) in [4.78, 5) is 0. The second-order valence-electron chi connectivity index (χ2n) is 6.52. The summed E-state index contributed by atoms with van der Waals surface area (Å²) in [5, 5.41) is 18.3. The normalized spacial score (nSPS) is 35.4. The molecule has 2 N–H and O–H groups in total. The van der Waals surface area contributed by atoms with Crippen molar-refractivity contribution < 1.29 is 23.0 Å². The Balaban J connectivity index is 1.89. The number of aliphatic hydroxyl groups is 1. The van der Waals surface area contributed by atoms with Crippen LogP contribution in [0.15, 0.2) is 16.9 Å². The van der Waals surface area contributed by atoms with E-state index in [-0.39, 0.29) is 6.42 Å². The molecule has 4 unspecified atom stereocenters. The molecule has 0 bridgehead atoms. The Bertz CT molecular complexity index is 499. The van der Waals surface area contributed by atoms with E-state index >= 15 is 0 Å². The highest BCUT2D eigenvalue weighted by molar-refractivity contribution is 5.65. The van der Waals surface area contributed by atoms with E-state index < -0.39 is 35.9 Å². The van der Waals surface area contributed by atoms with Gasteiger partial charge in [0.15, 0.2) is 0 Å². The van der Waals surface area contributed by atoms with Gasteiger partial charge < -0.3 is 9.84 Å². The van der Waals surface area contributed by atoms with Crippen LogP contribution in [0.4, 0.5) is 13.2 Å². The first kappa shape index (κ1) is 15.6. The van der Waals surface area contributed by atoms with Gasteiger partial charge in [-0.3, -0.25) is 10.3 Å². The van der Waals surface area contributed by atoms with E-state index in [0.29, 0.717) is 18.8 Å². The lowest BCUT2D eigenvalue weighted by Crippen LogP contribution is -2.64. The monoisotopic (exact) mass is 319 g/mol. The van der Waals surface area contributed by atoms with Crippen LogP contribution in [-0.2, 0) is 4.74 Å². The van der Waals surface area contributed by atoms with E-state index in [9.17, 15) is 18.3 Å². The number of hydrogen-bond acceptors (Lipinski definition) is 5. The highest BCUT2D eigenvalue weighted by atomic mass is 19.4. The van der Waals surface area contributed by atoms with Gasteiger partial charge in [-0.2, -0.15) is 18.3 Å². The van der Waals surface area contributed by atoms with Crippen LogP contribution in [-0.4, -0.2) is 53.0 Å². The molecule has 3 rings (SSSR count). The van der Waals surface area contributed by atoms with Crippen molar-refractivity contribution >= 4 is 6.21 Å². The van der Waals surface area contributed by atoms with Gasteiger partial charge >= 0.3 is 6.18 Å². The molecule has 124 valence electrons. The van der Waals surface area contributed by atoms with Gasteiger partial charge in [-0.15, -0.1) is 0 Å². The Morgan fingerprint density at radius 3 is 2.68 bits per heavy atom. The summed E-state index contributed by atoms with van der Waals surface area (Å²) in [7, 11) is 0. The minimum absolute atomic E-state index is 0.151. The van der Waals surface area contributed by atoms with Crippen LogP contribution in [0.25, 0.3) is 0 Å². The lowest BCUT2D eigenvalue weighted by atomic mass is 9.87. The number of ether oxygens (including phenoxy) is 1. The molecule has 8 heteroatoms. The van der Waals surface area contributed by atoms with Crippen LogP contribution in [0.1, 0.15) is 26.7 Å². The van der Waals surface area contributed by atoms with Gasteiger partial charge in [0, 0.05) is 19.1 Å². The summed E-state index contributed by atoms with van der Waals surface area (Å²) in [5.41, 5.74) is -1.17. The molecule has 1 fully saturated rings. The fourth-order valence-corrected chi connectivity index (χ4v) is 3.26. The summed E-state index contributed by atoms with van der Waals surface area (Å²) < 4.78 is 45.6. The summed E-state index contributed by atoms with van der Waals surface area (Å²) in [5.74, 6) is 0.0393. The molecule has 0 spiro atoms. The molecule has 0 aromatic rings. The van der Waals surface area contributed by atoms with E-state index in [1.807, 2.05) is 6.08 Å². The molecule has 3 heterocycles. The molecule has 1 saturated heterocycles. The molecule has 0 saturated carbocycles. The van der Waals surface area contributed by atoms with Crippen LogP contribution < -0.4 is 5.32 Å². The molecular weight excluding hydrogens is 299 g/mol. The number of nitrogens with zero attached hydrogens (tertiary/aromatic N) is 2. The molecule has 0 radical (unpaired) electrons. The zero-order chi connectivity index (χ0) is 16.1. The maximum absolute atomic E-state index is 13.4. The summed E-state index contributed by atoms with van der Waals surface area (Å²) in [6.07, 6.45) is -1.29. The van der Waals surface area contributed by atoms with Gasteiger partial charge in [-0.25, -0.2) is 0 Å². The Hall–Kier alpha value is -1.28. The van der Waals surface area contributed by atoms with Crippen LogP contribution in [0.3, 0.4) is 0 Å². The van der Waals surface area contributed by atoms with Crippen molar-refractivity contribution in [3.05, 3.63) is 11.8 Å². The molecule has 3 aliphatic heterocycles. The zero-order valence-corrected chi connectivity index (χ0v) is 12.5. The third-order valence-electron chi connectivity index (χ3n) is 4.41. The van der Waals surface area contributed by atoms with E-state index in [2.05, 4.69) is 10.4 Å². The number of hydrazone groups is 1. The van der Waals surface area contributed by atoms with Crippen molar-refractivity contribution in [3.8, 4) is 0 Å². The van der Waals surface area contributed by atoms with Gasteiger partial charge in [0.2, 0.25) is 0 Å². The zero-order valence-electron chi connectivity index (χ0n) is 12.5. The smallest absolute Gasteiger partial charge is 0.410 e. The predicted molar refractivity (Wildman–Crippen MR) is 73.9 cm³/mol. The second-order valence-corrected chi connectivity index (χ2v) is 6.52. The van der Waals surface area contributed by atoms with Gasteiger partial charge in [0.1, 0.15) is 18.0 Å². The number of nitrogens with one attached hydrogen (secondary N) is 1. The highest BCUT2D eigenvalue weighted by Crippen LogP contribution is 2.39. The topological polar surface area (TPSA) is 57.1 Å². The fourth-order valence-electron chi connectivity index (χ4n) is 3.26. The third-order valence-corrected chi connectivity index (χ3v) is 4.41. The molecule has 3 aliphatic rings. The Morgan fingerprint density at radius 1 is 1.41 bits per heavy atom. The third kappa shape index (κ3) is 2.69. The first-order chi connectivity index (χ1) is 10.2. The van der Waals surface area contributed by atoms with Gasteiger partial charge in [0.25, 0.3) is 0 Å². The first-order valence-electron chi connectivity index (χ1n) is 7.38. The van der Waals surface area contributed by atoms with Crippen molar-refractivity contribution in [1.29, 1.82) is 0 Å². The van der Waals surface area contributed by atoms with Gasteiger partial charge in [-0.1, -0.05) is 0 Å². The number of rotatable bonds is 2. The molecule has 0 aromatic carbocycles. The minimum atomic E-state index is -4.39. The average molecular weight is 319 g/mol. The Kier molecular flexibility index (Phi) is 3.64. The summed E-state index contributed by atoms with van der Waals surface area (Å²) in [6.45, 7) is 3.66. The lowest BCUT2D eigenvalue weighted by Gasteiger charge is -2.45. The van der Waals surface area contributed by atoms with Crippen molar-refractivity contribution in [2.24, 2.45) is 11.0 Å². The quantitative estimate of drug-likeness (QED) is 0.812. The average Bonchev–Trinajstić information content (AvgIpc) is 3.04. The van der Waals surface area contributed by atoms with E-state index in [0.717, 1.165) is 5.01 Å². The second kappa shape index (κ2) is 5.13. The largest absolute Gasteiger partial charge is 0.496 e. The molecular formula is C14H20F3N3O2. The number of hydrogen-bond donors (Lipinski definition) is 2. The van der Waals surface area contributed by atoms with Gasteiger partial charge in [0.05, 0.1) is 24.2 Å². The molecule has 0 amide bonds. The van der Waals surface area contributed by atoms with Crippen LogP contribution in [0.2, 0.25) is 0 Å². The first-order valence-corrected chi connectivity index (χ1v) is 7.38. The van der Waals surface area contributed by atoms with Crippen molar-refractivity contribution in [2.45, 2.75) is 56.7 Å². The molecule has 0 aliphatic carbocycles. The maximum Gasteiger partial charge on any atom is 0.410 e. The lowest BCUT2D eigenvalue weighted by molar-refractivity contribution is -0.206. The van der Waals surface area contributed by atoms with E-state index in [1.54, 1.807) is 13.8 Å². The number of fused-ring (bicyclic) bond motifs is 1. The van der Waals surface area contributed by atoms with Gasteiger partial charge in [-0.05, 0) is 19.9 Å². The molecule has 4 atom stereocenters. The summed E-state index contributed by atoms with van der Waals surface area (Å²) >= 11 is 0. The van der Waals surface area contributed by atoms with Crippen LogP contribution in [0.5, 0.6) is 0 Å². The standard InChI is InChI=1S/C14H20F3N3O2/c1-13(2,21)8-7-18-20-11(14(15,16)17)6-9(19-12(8)20)10-4-3-5-22-10/h4,7-9,11-12,19,21H,3,5-6H2,1-2H3. The summed E-state index contributed by atoms with van der Waals surface area (Å²) in [6, 6.07) is -2.20. The molecule has 5 nitrogen and oxygen atoms in total. The van der Waals surface area contributed by atoms with E-state index in [4.69, 9.17) is 4.74 Å². The van der Waals surface area contributed by atoms with Crippen molar-refractivity contribution in [1.82, 2.24) is 10.3 Å². The highest BCUT2D eigenvalue weighted by Gasteiger charge is 2.55. The number of halogens is 3. The van der Waals surface area contributed by atoms with Crippen LogP contribution in [0, 0.1) is 5.92 Å². The predicted octanol–water partition coefficient (Wildman–Crippen LogP) is 1.60. The van der Waals surface area contributed by atoms with Crippen LogP contribution >= 0.6 is 0 Å². The van der Waals surface area contributed by atoms with E-state index in [1.165, 1.54) is 6.21 Å². The maximum atomic E-state index is 13.4. The molecule has 22 heavy (non-hydrogen) atoms. The SMILES string of the molecule is CC(C)(O)C1C=NN2C1NC(C1=CCCO1)CC2C(F)(F)F. The Labute approximate surface area is 126 Å². The van der Waals surface area contributed by atoms with Crippen molar-refractivity contribution in [3.63, 3.8) is 0 Å². The Morgan fingerprint density at radius 2 is 2.14 bits per heavy atom.